The van der Waals surface area contributed by atoms with Gasteiger partial charge in [0.15, 0.2) is 0 Å². The zero-order valence-corrected chi connectivity index (χ0v) is 10.6. The minimum Gasteiger partial charge on any atom is -0.381 e. The first-order valence-corrected chi connectivity index (χ1v) is 6.10. The zero-order valence-electron chi connectivity index (χ0n) is 10.6. The SMILES string of the molecule is COC1CCN(C(=O)CC(C)C)C(CN)C1. The Morgan fingerprint density at radius 1 is 1.56 bits per heavy atom. The van der Waals surface area contributed by atoms with Crippen molar-refractivity contribution >= 4 is 5.91 Å². The highest BCUT2D eigenvalue weighted by molar-refractivity contribution is 5.76. The number of piperidine rings is 1. The molecule has 4 heteroatoms. The lowest BCUT2D eigenvalue weighted by molar-refractivity contribution is -0.137. The molecular formula is C12H24N2O2. The fourth-order valence-electron chi connectivity index (χ4n) is 2.25. The number of rotatable bonds is 4. The van der Waals surface area contributed by atoms with Crippen molar-refractivity contribution in [2.45, 2.75) is 45.3 Å². The first-order chi connectivity index (χ1) is 7.58. The first-order valence-electron chi connectivity index (χ1n) is 6.10. The molecule has 0 aliphatic carbocycles. The van der Waals surface area contributed by atoms with Crippen molar-refractivity contribution in [3.63, 3.8) is 0 Å². The molecule has 1 heterocycles. The molecular weight excluding hydrogens is 204 g/mol. The molecule has 0 saturated carbocycles. The summed E-state index contributed by atoms with van der Waals surface area (Å²) in [4.78, 5) is 13.9. The molecule has 1 saturated heterocycles. The molecule has 0 spiro atoms. The molecule has 16 heavy (non-hydrogen) atoms. The van der Waals surface area contributed by atoms with Crippen molar-refractivity contribution in [3.8, 4) is 0 Å². The molecule has 0 aromatic heterocycles. The molecule has 1 fully saturated rings. The predicted octanol–water partition coefficient (Wildman–Crippen LogP) is 0.997. The maximum atomic E-state index is 12.0. The quantitative estimate of drug-likeness (QED) is 0.781. The van der Waals surface area contributed by atoms with E-state index in [0.717, 1.165) is 19.4 Å². The van der Waals surface area contributed by atoms with E-state index < -0.39 is 0 Å². The van der Waals surface area contributed by atoms with Crippen LogP contribution in [0.4, 0.5) is 0 Å². The van der Waals surface area contributed by atoms with Gasteiger partial charge in [-0.1, -0.05) is 13.8 Å². The molecule has 1 amide bonds. The van der Waals surface area contributed by atoms with Crippen molar-refractivity contribution < 1.29 is 9.53 Å². The Morgan fingerprint density at radius 3 is 2.75 bits per heavy atom. The Kier molecular flexibility index (Phi) is 5.22. The molecule has 4 nitrogen and oxygen atoms in total. The van der Waals surface area contributed by atoms with E-state index in [9.17, 15) is 4.79 Å². The predicted molar refractivity (Wildman–Crippen MR) is 64.0 cm³/mol. The van der Waals surface area contributed by atoms with Crippen molar-refractivity contribution in [2.75, 3.05) is 20.2 Å². The van der Waals surface area contributed by atoms with Crippen LogP contribution in [0.2, 0.25) is 0 Å². The van der Waals surface area contributed by atoms with Crippen LogP contribution in [0.15, 0.2) is 0 Å². The molecule has 0 radical (unpaired) electrons. The highest BCUT2D eigenvalue weighted by Crippen LogP contribution is 2.20. The average Bonchev–Trinajstić information content (AvgIpc) is 2.27. The molecule has 2 unspecified atom stereocenters. The van der Waals surface area contributed by atoms with Crippen LogP contribution < -0.4 is 5.73 Å². The molecule has 1 aliphatic rings. The Morgan fingerprint density at radius 2 is 2.25 bits per heavy atom. The molecule has 0 aromatic rings. The second-order valence-electron chi connectivity index (χ2n) is 4.96. The third-order valence-corrected chi connectivity index (χ3v) is 3.18. The second kappa shape index (κ2) is 6.21. The van der Waals surface area contributed by atoms with Crippen LogP contribution in [0.1, 0.15) is 33.1 Å². The molecule has 2 N–H and O–H groups in total. The molecule has 0 bridgehead atoms. The zero-order chi connectivity index (χ0) is 12.1. The van der Waals surface area contributed by atoms with E-state index in [2.05, 4.69) is 13.8 Å². The van der Waals surface area contributed by atoms with Crippen LogP contribution in [0.3, 0.4) is 0 Å². The third-order valence-electron chi connectivity index (χ3n) is 3.18. The fraction of sp³-hybridized carbons (Fsp3) is 0.917. The number of hydrogen-bond acceptors (Lipinski definition) is 3. The highest BCUT2D eigenvalue weighted by atomic mass is 16.5. The van der Waals surface area contributed by atoms with E-state index in [1.807, 2.05) is 4.90 Å². The van der Waals surface area contributed by atoms with Crippen LogP contribution in [0, 0.1) is 5.92 Å². The van der Waals surface area contributed by atoms with Gasteiger partial charge in [-0.2, -0.15) is 0 Å². The van der Waals surface area contributed by atoms with Crippen molar-refractivity contribution in [2.24, 2.45) is 11.7 Å². The largest absolute Gasteiger partial charge is 0.381 e. The van der Waals surface area contributed by atoms with Crippen LogP contribution >= 0.6 is 0 Å². The standard InChI is InChI=1S/C12H24N2O2/c1-9(2)6-12(15)14-5-4-11(16-3)7-10(14)8-13/h9-11H,4-8,13H2,1-3H3. The van der Waals surface area contributed by atoms with Crippen LogP contribution in [-0.4, -0.2) is 43.2 Å². The van der Waals surface area contributed by atoms with Gasteiger partial charge in [-0.15, -0.1) is 0 Å². The van der Waals surface area contributed by atoms with Crippen LogP contribution in [0.5, 0.6) is 0 Å². The van der Waals surface area contributed by atoms with Crippen LogP contribution in [-0.2, 0) is 9.53 Å². The van der Waals surface area contributed by atoms with E-state index in [1.165, 1.54) is 0 Å². The summed E-state index contributed by atoms with van der Waals surface area (Å²) >= 11 is 0. The number of carbonyl (C=O) groups is 1. The highest BCUT2D eigenvalue weighted by Gasteiger charge is 2.30. The van der Waals surface area contributed by atoms with E-state index in [0.29, 0.717) is 18.9 Å². The van der Waals surface area contributed by atoms with Gasteiger partial charge in [0.05, 0.1) is 6.10 Å². The lowest BCUT2D eigenvalue weighted by atomic mass is 9.98. The van der Waals surface area contributed by atoms with E-state index in [1.54, 1.807) is 7.11 Å². The number of likely N-dealkylation sites (tertiary alicyclic amines) is 1. The van der Waals surface area contributed by atoms with Gasteiger partial charge in [0.1, 0.15) is 0 Å². The number of nitrogens with zero attached hydrogens (tertiary/aromatic N) is 1. The summed E-state index contributed by atoms with van der Waals surface area (Å²) in [5, 5.41) is 0. The van der Waals surface area contributed by atoms with Crippen molar-refractivity contribution in [3.05, 3.63) is 0 Å². The maximum absolute atomic E-state index is 12.0. The number of ether oxygens (including phenoxy) is 1. The Labute approximate surface area is 98.1 Å². The van der Waals surface area contributed by atoms with Gasteiger partial charge in [0.2, 0.25) is 5.91 Å². The fourth-order valence-corrected chi connectivity index (χ4v) is 2.25. The molecule has 2 atom stereocenters. The van der Waals surface area contributed by atoms with Gasteiger partial charge in [-0.3, -0.25) is 4.79 Å². The van der Waals surface area contributed by atoms with E-state index in [4.69, 9.17) is 10.5 Å². The third kappa shape index (κ3) is 3.46. The number of nitrogens with two attached hydrogens (primary N) is 1. The van der Waals surface area contributed by atoms with Crippen molar-refractivity contribution in [1.82, 2.24) is 4.90 Å². The summed E-state index contributed by atoms with van der Waals surface area (Å²) in [6.07, 6.45) is 2.68. The minimum atomic E-state index is 0.157. The lowest BCUT2D eigenvalue weighted by Gasteiger charge is -2.38. The molecule has 94 valence electrons. The number of amides is 1. The number of hydrogen-bond donors (Lipinski definition) is 1. The topological polar surface area (TPSA) is 55.6 Å². The van der Waals surface area contributed by atoms with Crippen LogP contribution in [0.25, 0.3) is 0 Å². The lowest BCUT2D eigenvalue weighted by Crippen LogP contribution is -2.51. The van der Waals surface area contributed by atoms with E-state index in [-0.39, 0.29) is 18.1 Å². The van der Waals surface area contributed by atoms with Gasteiger partial charge in [0, 0.05) is 32.7 Å². The monoisotopic (exact) mass is 228 g/mol. The van der Waals surface area contributed by atoms with Crippen molar-refractivity contribution in [1.29, 1.82) is 0 Å². The Bertz CT molecular complexity index is 231. The number of methoxy groups -OCH3 is 1. The summed E-state index contributed by atoms with van der Waals surface area (Å²) in [6.45, 7) is 5.45. The Hall–Kier alpha value is -0.610. The number of carbonyl (C=O) groups excluding carboxylic acids is 1. The summed E-state index contributed by atoms with van der Waals surface area (Å²) in [6, 6.07) is 0.157. The summed E-state index contributed by atoms with van der Waals surface area (Å²) in [5.74, 6) is 0.645. The van der Waals surface area contributed by atoms with Gasteiger partial charge in [-0.25, -0.2) is 0 Å². The second-order valence-corrected chi connectivity index (χ2v) is 4.96. The maximum Gasteiger partial charge on any atom is 0.223 e. The Balaban J connectivity index is 2.55. The average molecular weight is 228 g/mol. The molecule has 0 aromatic carbocycles. The minimum absolute atomic E-state index is 0.157. The van der Waals surface area contributed by atoms with Gasteiger partial charge in [-0.05, 0) is 18.8 Å². The first kappa shape index (κ1) is 13.5. The molecule has 1 rings (SSSR count). The van der Waals surface area contributed by atoms with Gasteiger partial charge >= 0.3 is 0 Å². The molecule has 1 aliphatic heterocycles. The van der Waals surface area contributed by atoms with Gasteiger partial charge in [0.25, 0.3) is 0 Å². The van der Waals surface area contributed by atoms with E-state index >= 15 is 0 Å². The summed E-state index contributed by atoms with van der Waals surface area (Å²) in [5.41, 5.74) is 5.73. The normalized spacial score (nSPS) is 26.2. The smallest absolute Gasteiger partial charge is 0.223 e. The van der Waals surface area contributed by atoms with Gasteiger partial charge < -0.3 is 15.4 Å². The summed E-state index contributed by atoms with van der Waals surface area (Å²) in [7, 11) is 1.73. The summed E-state index contributed by atoms with van der Waals surface area (Å²) < 4.78 is 5.34.